The standard InChI is InChI=1S/C19H29F2N7O2/c1-27-5-3-11(4-6-27)15-13(21)8-23-9-14(15)25-19(29)16(17(22)26-30)18-24-7-12(20)10-28(18)2/h8-9,11-12,16-18,24H,3-7,10,22H2,1-2H3,(H,25,29). The van der Waals surface area contributed by atoms with Crippen LogP contribution in [0.25, 0.3) is 0 Å². The monoisotopic (exact) mass is 425 g/mol. The highest BCUT2D eigenvalue weighted by Gasteiger charge is 2.40. The highest BCUT2D eigenvalue weighted by molar-refractivity contribution is 5.94. The van der Waals surface area contributed by atoms with Gasteiger partial charge in [0.1, 0.15) is 17.9 Å². The van der Waals surface area contributed by atoms with Crippen molar-refractivity contribution in [2.75, 3.05) is 45.6 Å². The van der Waals surface area contributed by atoms with E-state index < -0.39 is 36.1 Å². The fraction of sp³-hybridized carbons (Fsp3) is 0.684. The molecular weight excluding hydrogens is 396 g/mol. The zero-order chi connectivity index (χ0) is 21.8. The van der Waals surface area contributed by atoms with Crippen molar-refractivity contribution < 1.29 is 13.6 Å². The smallest absolute Gasteiger partial charge is 0.234 e. The first kappa shape index (κ1) is 22.6. The molecule has 0 aliphatic carbocycles. The van der Waals surface area contributed by atoms with Crippen molar-refractivity contribution in [2.45, 2.75) is 37.3 Å². The molecule has 0 saturated carbocycles. The minimum atomic E-state index is -1.35. The number of amides is 1. The quantitative estimate of drug-likeness (QED) is 0.578. The summed E-state index contributed by atoms with van der Waals surface area (Å²) in [6.45, 7) is 1.77. The van der Waals surface area contributed by atoms with Crippen LogP contribution in [-0.2, 0) is 4.79 Å². The Kier molecular flexibility index (Phi) is 7.40. The Morgan fingerprint density at radius 1 is 1.37 bits per heavy atom. The van der Waals surface area contributed by atoms with E-state index in [4.69, 9.17) is 5.73 Å². The molecular formula is C19H29F2N7O2. The normalized spacial score (nSPS) is 26.2. The summed E-state index contributed by atoms with van der Waals surface area (Å²) in [7, 11) is 3.64. The van der Waals surface area contributed by atoms with Crippen LogP contribution in [0.15, 0.2) is 17.6 Å². The van der Waals surface area contributed by atoms with Crippen LogP contribution in [0.4, 0.5) is 14.5 Å². The molecule has 2 aliphatic rings. The molecule has 4 unspecified atom stereocenters. The lowest BCUT2D eigenvalue weighted by atomic mass is 9.88. The molecule has 166 valence electrons. The summed E-state index contributed by atoms with van der Waals surface area (Å²) in [6, 6.07) is 0. The van der Waals surface area contributed by atoms with Crippen molar-refractivity contribution in [3.63, 3.8) is 0 Å². The molecule has 0 aromatic carbocycles. The molecule has 0 radical (unpaired) electrons. The second kappa shape index (κ2) is 9.82. The van der Waals surface area contributed by atoms with Gasteiger partial charge in [0.15, 0.2) is 6.17 Å². The molecule has 30 heavy (non-hydrogen) atoms. The highest BCUT2D eigenvalue weighted by Crippen LogP contribution is 2.34. The number of nitrogens with one attached hydrogen (secondary N) is 2. The molecule has 2 fully saturated rings. The minimum Gasteiger partial charge on any atom is -0.324 e. The van der Waals surface area contributed by atoms with Crippen LogP contribution in [-0.4, -0.2) is 79.5 Å². The molecule has 1 aromatic rings. The van der Waals surface area contributed by atoms with E-state index in [1.807, 2.05) is 7.05 Å². The topological polar surface area (TPSA) is 116 Å². The van der Waals surface area contributed by atoms with Crippen LogP contribution in [0.3, 0.4) is 0 Å². The fourth-order valence-corrected chi connectivity index (χ4v) is 4.32. The number of pyridine rings is 1. The van der Waals surface area contributed by atoms with Crippen molar-refractivity contribution in [1.82, 2.24) is 20.1 Å². The molecule has 11 heteroatoms. The zero-order valence-corrected chi connectivity index (χ0v) is 17.2. The minimum absolute atomic E-state index is 0.0345. The number of aromatic nitrogens is 1. The number of hydrogen-bond acceptors (Lipinski definition) is 8. The third kappa shape index (κ3) is 4.97. The first-order valence-electron chi connectivity index (χ1n) is 10.1. The molecule has 4 atom stereocenters. The number of halogens is 2. The number of hydrogen-bond donors (Lipinski definition) is 3. The molecule has 0 bridgehead atoms. The maximum absolute atomic E-state index is 14.7. The van der Waals surface area contributed by atoms with Crippen molar-refractivity contribution in [1.29, 1.82) is 0 Å². The molecule has 3 heterocycles. The number of nitrogens with two attached hydrogens (primary N) is 1. The summed E-state index contributed by atoms with van der Waals surface area (Å²) >= 11 is 0. The lowest BCUT2D eigenvalue weighted by molar-refractivity contribution is -0.124. The van der Waals surface area contributed by atoms with Gasteiger partial charge in [-0.25, -0.2) is 8.78 Å². The van der Waals surface area contributed by atoms with E-state index >= 15 is 0 Å². The molecule has 3 rings (SSSR count). The van der Waals surface area contributed by atoms with Crippen molar-refractivity contribution in [2.24, 2.45) is 16.8 Å². The highest BCUT2D eigenvalue weighted by atomic mass is 19.1. The first-order valence-corrected chi connectivity index (χ1v) is 10.1. The average Bonchev–Trinajstić information content (AvgIpc) is 2.71. The molecule has 2 saturated heterocycles. The van der Waals surface area contributed by atoms with Gasteiger partial charge >= 0.3 is 0 Å². The summed E-state index contributed by atoms with van der Waals surface area (Å²) in [4.78, 5) is 31.9. The summed E-state index contributed by atoms with van der Waals surface area (Å²) in [6.07, 6.45) is 0.915. The van der Waals surface area contributed by atoms with E-state index in [1.54, 1.807) is 11.9 Å². The molecule has 4 N–H and O–H groups in total. The maximum Gasteiger partial charge on any atom is 0.234 e. The van der Waals surface area contributed by atoms with Gasteiger partial charge in [-0.2, -0.15) is 0 Å². The van der Waals surface area contributed by atoms with Gasteiger partial charge in [-0.1, -0.05) is 5.18 Å². The number of rotatable bonds is 6. The Hall–Kier alpha value is -2.08. The first-order chi connectivity index (χ1) is 14.3. The number of carbonyl (C=O) groups excluding carboxylic acids is 1. The summed E-state index contributed by atoms with van der Waals surface area (Å²) in [5.41, 5.74) is 6.50. The van der Waals surface area contributed by atoms with Gasteiger partial charge in [0.2, 0.25) is 5.91 Å². The van der Waals surface area contributed by atoms with Gasteiger partial charge in [0, 0.05) is 18.7 Å². The largest absolute Gasteiger partial charge is 0.324 e. The third-order valence-electron chi connectivity index (χ3n) is 5.97. The Balaban J connectivity index is 1.84. The lowest BCUT2D eigenvalue weighted by Gasteiger charge is -2.40. The van der Waals surface area contributed by atoms with Crippen LogP contribution in [0.5, 0.6) is 0 Å². The van der Waals surface area contributed by atoms with E-state index in [2.05, 4.69) is 25.7 Å². The molecule has 9 nitrogen and oxygen atoms in total. The third-order valence-corrected chi connectivity index (χ3v) is 5.97. The number of anilines is 1. The summed E-state index contributed by atoms with van der Waals surface area (Å²) in [5, 5.41) is 8.45. The van der Waals surface area contributed by atoms with Gasteiger partial charge in [0.05, 0.1) is 24.2 Å². The summed E-state index contributed by atoms with van der Waals surface area (Å²) < 4.78 is 28.3. The van der Waals surface area contributed by atoms with E-state index in [1.165, 1.54) is 6.20 Å². The Labute approximate surface area is 174 Å². The maximum atomic E-state index is 14.7. The molecule has 1 aromatic heterocycles. The second-order valence-electron chi connectivity index (χ2n) is 8.16. The fourth-order valence-electron chi connectivity index (χ4n) is 4.32. The van der Waals surface area contributed by atoms with Crippen LogP contribution in [0.2, 0.25) is 0 Å². The zero-order valence-electron chi connectivity index (χ0n) is 17.2. The Morgan fingerprint density at radius 3 is 2.70 bits per heavy atom. The van der Waals surface area contributed by atoms with Crippen LogP contribution < -0.4 is 16.4 Å². The van der Waals surface area contributed by atoms with E-state index in [0.717, 1.165) is 32.1 Å². The molecule has 2 aliphatic heterocycles. The van der Waals surface area contributed by atoms with Crippen LogP contribution in [0, 0.1) is 16.6 Å². The number of carbonyl (C=O) groups is 1. The number of piperidine rings is 1. The summed E-state index contributed by atoms with van der Waals surface area (Å²) in [5.74, 6) is -2.22. The van der Waals surface area contributed by atoms with Gasteiger partial charge < -0.3 is 16.0 Å². The van der Waals surface area contributed by atoms with Crippen LogP contribution >= 0.6 is 0 Å². The van der Waals surface area contributed by atoms with Crippen molar-refractivity contribution >= 4 is 11.6 Å². The van der Waals surface area contributed by atoms with Crippen molar-refractivity contribution in [3.05, 3.63) is 28.7 Å². The average molecular weight is 425 g/mol. The van der Waals surface area contributed by atoms with Crippen molar-refractivity contribution in [3.8, 4) is 0 Å². The SMILES string of the molecule is CN1CCC(c2c(F)cncc2NC(=O)C(C(N)N=O)C2NCC(F)CN2C)CC1. The Bertz CT molecular complexity index is 760. The number of nitrogens with zero attached hydrogens (tertiary/aromatic N) is 4. The predicted molar refractivity (Wildman–Crippen MR) is 109 cm³/mol. The molecule has 1 amide bonds. The Morgan fingerprint density at radius 2 is 2.07 bits per heavy atom. The van der Waals surface area contributed by atoms with Gasteiger partial charge in [-0.05, 0) is 45.9 Å². The molecule has 0 spiro atoms. The number of nitroso groups, excluding NO2 is 1. The van der Waals surface area contributed by atoms with E-state index in [0.29, 0.717) is 5.56 Å². The lowest BCUT2D eigenvalue weighted by Crippen LogP contribution is -2.62. The van der Waals surface area contributed by atoms with Crippen LogP contribution in [0.1, 0.15) is 24.3 Å². The van der Waals surface area contributed by atoms with Gasteiger partial charge in [-0.15, -0.1) is 4.91 Å². The number of likely N-dealkylation sites (tertiary alicyclic amines) is 1. The predicted octanol–water partition coefficient (Wildman–Crippen LogP) is 0.835. The van der Waals surface area contributed by atoms with E-state index in [-0.39, 0.29) is 24.7 Å². The number of alkyl halides is 1. The van der Waals surface area contributed by atoms with Gasteiger partial charge in [-0.3, -0.25) is 20.0 Å². The second-order valence-corrected chi connectivity index (χ2v) is 8.16. The van der Waals surface area contributed by atoms with E-state index in [9.17, 15) is 18.5 Å². The van der Waals surface area contributed by atoms with Gasteiger partial charge in [0.25, 0.3) is 0 Å².